The molecule has 0 unspecified atom stereocenters. The van der Waals surface area contributed by atoms with Crippen LogP contribution in [-0.2, 0) is 16.1 Å². The molecule has 6 nitrogen and oxygen atoms in total. The number of rotatable bonds is 5. The molecular formula is C22H28N4O2. The summed E-state index contributed by atoms with van der Waals surface area (Å²) in [4.78, 5) is 26.8. The third kappa shape index (κ3) is 3.74. The molecule has 0 radical (unpaired) electrons. The van der Waals surface area contributed by atoms with Crippen molar-refractivity contribution in [3.05, 3.63) is 54.5 Å². The van der Waals surface area contributed by atoms with Gasteiger partial charge in [-0.1, -0.05) is 12.1 Å². The SMILES string of the molecule is CCOC(=O)[C@@]12CCCN(Cc3ccccn3)C[C@@H]1CN(c1ccccn1)C2. The van der Waals surface area contributed by atoms with Crippen molar-refractivity contribution in [3.63, 3.8) is 0 Å². The lowest BCUT2D eigenvalue weighted by molar-refractivity contribution is -0.157. The Kier molecular flexibility index (Phi) is 5.57. The maximum absolute atomic E-state index is 13.1. The van der Waals surface area contributed by atoms with Crippen LogP contribution in [0.5, 0.6) is 0 Å². The van der Waals surface area contributed by atoms with Gasteiger partial charge in [-0.2, -0.15) is 0 Å². The molecule has 0 aliphatic carbocycles. The van der Waals surface area contributed by atoms with Gasteiger partial charge in [-0.3, -0.25) is 14.7 Å². The number of fused-ring (bicyclic) bond motifs is 1. The van der Waals surface area contributed by atoms with E-state index in [1.165, 1.54) is 0 Å². The number of nitrogens with zero attached hydrogens (tertiary/aromatic N) is 4. The summed E-state index contributed by atoms with van der Waals surface area (Å²) in [5.74, 6) is 1.12. The molecule has 2 saturated heterocycles. The molecule has 0 amide bonds. The van der Waals surface area contributed by atoms with Crippen molar-refractivity contribution in [1.29, 1.82) is 0 Å². The van der Waals surface area contributed by atoms with Gasteiger partial charge in [-0.05, 0) is 50.6 Å². The van der Waals surface area contributed by atoms with Gasteiger partial charge in [-0.15, -0.1) is 0 Å². The maximum Gasteiger partial charge on any atom is 0.314 e. The van der Waals surface area contributed by atoms with Gasteiger partial charge in [0.25, 0.3) is 0 Å². The molecule has 2 atom stereocenters. The number of aromatic nitrogens is 2. The number of carbonyl (C=O) groups excluding carboxylic acids is 1. The van der Waals surface area contributed by atoms with Crippen LogP contribution >= 0.6 is 0 Å². The van der Waals surface area contributed by atoms with Gasteiger partial charge >= 0.3 is 5.97 Å². The van der Waals surface area contributed by atoms with E-state index in [4.69, 9.17) is 4.74 Å². The highest BCUT2D eigenvalue weighted by molar-refractivity contribution is 5.79. The average Bonchev–Trinajstić information content (AvgIpc) is 3.00. The van der Waals surface area contributed by atoms with Crippen molar-refractivity contribution >= 4 is 11.8 Å². The molecule has 0 aromatic carbocycles. The predicted octanol–water partition coefficient (Wildman–Crippen LogP) is 2.76. The quantitative estimate of drug-likeness (QED) is 0.744. The minimum absolute atomic E-state index is 0.0434. The molecule has 4 rings (SSSR count). The van der Waals surface area contributed by atoms with Gasteiger partial charge < -0.3 is 9.64 Å². The van der Waals surface area contributed by atoms with Gasteiger partial charge in [0.2, 0.25) is 0 Å². The second-order valence-corrected chi connectivity index (χ2v) is 7.80. The van der Waals surface area contributed by atoms with Crippen LogP contribution in [0.2, 0.25) is 0 Å². The van der Waals surface area contributed by atoms with E-state index in [0.29, 0.717) is 13.2 Å². The lowest BCUT2D eigenvalue weighted by Gasteiger charge is -2.31. The Labute approximate surface area is 166 Å². The van der Waals surface area contributed by atoms with Crippen LogP contribution in [-0.4, -0.2) is 53.6 Å². The van der Waals surface area contributed by atoms with Gasteiger partial charge in [0.05, 0.1) is 17.7 Å². The van der Waals surface area contributed by atoms with Crippen LogP contribution in [0.1, 0.15) is 25.5 Å². The van der Waals surface area contributed by atoms with Gasteiger partial charge in [0.1, 0.15) is 5.82 Å². The van der Waals surface area contributed by atoms with E-state index < -0.39 is 5.41 Å². The van der Waals surface area contributed by atoms with Crippen molar-refractivity contribution < 1.29 is 9.53 Å². The summed E-state index contributed by atoms with van der Waals surface area (Å²) >= 11 is 0. The first-order valence-electron chi connectivity index (χ1n) is 10.2. The fraction of sp³-hybridized carbons (Fsp3) is 0.500. The highest BCUT2D eigenvalue weighted by Gasteiger charge is 2.54. The summed E-state index contributed by atoms with van der Waals surface area (Å²) in [6.45, 7) is 6.50. The minimum Gasteiger partial charge on any atom is -0.466 e. The van der Waals surface area contributed by atoms with Crippen LogP contribution in [0.25, 0.3) is 0 Å². The number of ether oxygens (including phenoxy) is 1. The lowest BCUT2D eigenvalue weighted by atomic mass is 9.75. The van der Waals surface area contributed by atoms with Crippen molar-refractivity contribution in [3.8, 4) is 0 Å². The van der Waals surface area contributed by atoms with Crippen LogP contribution in [0.4, 0.5) is 5.82 Å². The Morgan fingerprint density at radius 1 is 1.18 bits per heavy atom. The molecule has 2 aliphatic heterocycles. The van der Waals surface area contributed by atoms with E-state index in [1.54, 1.807) is 0 Å². The largest absolute Gasteiger partial charge is 0.466 e. The van der Waals surface area contributed by atoms with E-state index in [0.717, 1.165) is 50.5 Å². The summed E-state index contributed by atoms with van der Waals surface area (Å²) in [6.07, 6.45) is 5.50. The second kappa shape index (κ2) is 8.27. The molecule has 2 aromatic heterocycles. The molecule has 2 aromatic rings. The molecule has 28 heavy (non-hydrogen) atoms. The number of hydrogen-bond donors (Lipinski definition) is 0. The zero-order chi connectivity index (χ0) is 19.4. The van der Waals surface area contributed by atoms with Gasteiger partial charge in [0, 0.05) is 44.5 Å². The topological polar surface area (TPSA) is 58.6 Å². The number of carbonyl (C=O) groups is 1. The van der Waals surface area contributed by atoms with E-state index in [2.05, 4.69) is 25.8 Å². The zero-order valence-corrected chi connectivity index (χ0v) is 16.5. The predicted molar refractivity (Wildman–Crippen MR) is 108 cm³/mol. The van der Waals surface area contributed by atoms with Crippen molar-refractivity contribution in [2.24, 2.45) is 11.3 Å². The van der Waals surface area contributed by atoms with E-state index in [1.807, 2.05) is 49.6 Å². The summed E-state index contributed by atoms with van der Waals surface area (Å²) in [6, 6.07) is 12.0. The first kappa shape index (κ1) is 18.9. The molecule has 148 valence electrons. The van der Waals surface area contributed by atoms with Crippen molar-refractivity contribution in [1.82, 2.24) is 14.9 Å². The Hall–Kier alpha value is -2.47. The van der Waals surface area contributed by atoms with Crippen LogP contribution in [0.15, 0.2) is 48.8 Å². The second-order valence-electron chi connectivity index (χ2n) is 7.80. The molecule has 0 N–H and O–H groups in total. The standard InChI is InChI=1S/C22H28N4O2/c1-2-28-21(27)22-10-7-13-25(16-19-8-3-5-11-23-19)14-18(22)15-26(17-22)20-9-4-6-12-24-20/h3-6,8-9,11-12,18H,2,7,10,13-17H2,1H3/t18-,22-/m1/s1. The molecule has 0 bridgehead atoms. The zero-order valence-electron chi connectivity index (χ0n) is 16.5. The molecule has 0 spiro atoms. The van der Waals surface area contributed by atoms with Gasteiger partial charge in [-0.25, -0.2) is 4.98 Å². The highest BCUT2D eigenvalue weighted by Crippen LogP contribution is 2.45. The Balaban J connectivity index is 1.58. The van der Waals surface area contributed by atoms with E-state index in [9.17, 15) is 4.79 Å². The third-order valence-electron chi connectivity index (χ3n) is 6.04. The molecular weight excluding hydrogens is 352 g/mol. The smallest absolute Gasteiger partial charge is 0.314 e. The molecule has 2 fully saturated rings. The van der Waals surface area contributed by atoms with Crippen LogP contribution in [0, 0.1) is 11.3 Å². The molecule has 2 aliphatic rings. The first-order valence-corrected chi connectivity index (χ1v) is 10.2. The Morgan fingerprint density at radius 3 is 2.71 bits per heavy atom. The monoisotopic (exact) mass is 380 g/mol. The first-order chi connectivity index (χ1) is 13.7. The number of esters is 1. The summed E-state index contributed by atoms with van der Waals surface area (Å²) in [5.41, 5.74) is 0.623. The molecule has 4 heterocycles. The summed E-state index contributed by atoms with van der Waals surface area (Å²) in [5, 5.41) is 0. The number of anilines is 1. The molecule has 6 heteroatoms. The summed E-state index contributed by atoms with van der Waals surface area (Å²) in [7, 11) is 0. The fourth-order valence-corrected chi connectivity index (χ4v) is 4.70. The normalized spacial score (nSPS) is 25.2. The number of pyridine rings is 2. The average molecular weight is 380 g/mol. The van der Waals surface area contributed by atoms with Crippen LogP contribution < -0.4 is 4.90 Å². The van der Waals surface area contributed by atoms with E-state index in [-0.39, 0.29) is 11.9 Å². The van der Waals surface area contributed by atoms with Crippen LogP contribution in [0.3, 0.4) is 0 Å². The third-order valence-corrected chi connectivity index (χ3v) is 6.04. The number of likely N-dealkylation sites (tertiary alicyclic amines) is 1. The minimum atomic E-state index is -0.452. The highest BCUT2D eigenvalue weighted by atomic mass is 16.5. The Bertz CT molecular complexity index is 786. The Morgan fingerprint density at radius 2 is 2.00 bits per heavy atom. The summed E-state index contributed by atoms with van der Waals surface area (Å²) < 4.78 is 5.56. The lowest BCUT2D eigenvalue weighted by Crippen LogP contribution is -2.42. The van der Waals surface area contributed by atoms with E-state index >= 15 is 0 Å². The molecule has 0 saturated carbocycles. The van der Waals surface area contributed by atoms with Crippen molar-refractivity contribution in [2.45, 2.75) is 26.3 Å². The van der Waals surface area contributed by atoms with Gasteiger partial charge in [0.15, 0.2) is 0 Å². The maximum atomic E-state index is 13.1. The number of hydrogen-bond acceptors (Lipinski definition) is 6. The fourth-order valence-electron chi connectivity index (χ4n) is 4.70. The van der Waals surface area contributed by atoms with Crippen molar-refractivity contribution in [2.75, 3.05) is 37.7 Å².